The fraction of sp³-hybridized carbons (Fsp3) is 0.150. The SMILES string of the molecule is COc1ccc(NC(=O)c2ccc(-c3cccc(Cl)c3C)o2)c(OC)c1. The Bertz CT molecular complexity index is 949. The number of hydrogen-bond donors (Lipinski definition) is 1. The predicted octanol–water partition coefficient (Wildman–Crippen LogP) is 5.18. The summed E-state index contributed by atoms with van der Waals surface area (Å²) in [5.41, 5.74) is 2.26. The Balaban J connectivity index is 1.84. The van der Waals surface area contributed by atoms with Crippen molar-refractivity contribution >= 4 is 23.2 Å². The van der Waals surface area contributed by atoms with Crippen LogP contribution in [0, 0.1) is 6.92 Å². The molecule has 0 aliphatic carbocycles. The van der Waals surface area contributed by atoms with Gasteiger partial charge >= 0.3 is 0 Å². The normalized spacial score (nSPS) is 10.5. The van der Waals surface area contributed by atoms with Crippen LogP contribution in [0.2, 0.25) is 5.02 Å². The van der Waals surface area contributed by atoms with E-state index in [0.29, 0.717) is 28.0 Å². The zero-order valence-electron chi connectivity index (χ0n) is 14.6. The molecular formula is C20H18ClNO4. The molecule has 1 amide bonds. The molecule has 1 heterocycles. The summed E-state index contributed by atoms with van der Waals surface area (Å²) in [6.07, 6.45) is 0. The van der Waals surface area contributed by atoms with Crippen molar-refractivity contribution in [3.05, 3.63) is 64.9 Å². The number of methoxy groups -OCH3 is 2. The Morgan fingerprint density at radius 3 is 2.62 bits per heavy atom. The van der Waals surface area contributed by atoms with Crippen LogP contribution in [0.25, 0.3) is 11.3 Å². The van der Waals surface area contributed by atoms with Gasteiger partial charge in [-0.25, -0.2) is 0 Å². The Labute approximate surface area is 156 Å². The molecule has 0 aliphatic heterocycles. The lowest BCUT2D eigenvalue weighted by molar-refractivity contribution is 0.0997. The number of rotatable bonds is 5. The van der Waals surface area contributed by atoms with Crippen molar-refractivity contribution in [3.63, 3.8) is 0 Å². The van der Waals surface area contributed by atoms with Gasteiger partial charge in [-0.3, -0.25) is 4.79 Å². The van der Waals surface area contributed by atoms with Crippen molar-refractivity contribution in [2.24, 2.45) is 0 Å². The molecule has 26 heavy (non-hydrogen) atoms. The second-order valence-electron chi connectivity index (χ2n) is 5.60. The van der Waals surface area contributed by atoms with Crippen molar-refractivity contribution in [3.8, 4) is 22.8 Å². The molecule has 0 fully saturated rings. The average Bonchev–Trinajstić information content (AvgIpc) is 3.14. The predicted molar refractivity (Wildman–Crippen MR) is 101 cm³/mol. The maximum Gasteiger partial charge on any atom is 0.291 e. The van der Waals surface area contributed by atoms with Gasteiger partial charge in [0, 0.05) is 16.7 Å². The second-order valence-corrected chi connectivity index (χ2v) is 6.00. The standard InChI is InChI=1S/C20H18ClNO4/c1-12-14(5-4-6-15(12)21)17-9-10-18(26-17)20(23)22-16-8-7-13(24-2)11-19(16)25-3/h4-11H,1-3H3,(H,22,23). The smallest absolute Gasteiger partial charge is 0.291 e. The van der Waals surface area contributed by atoms with Gasteiger partial charge in [0.25, 0.3) is 5.91 Å². The van der Waals surface area contributed by atoms with Crippen LogP contribution in [-0.2, 0) is 0 Å². The van der Waals surface area contributed by atoms with E-state index < -0.39 is 0 Å². The minimum absolute atomic E-state index is 0.192. The molecule has 3 rings (SSSR count). The maximum absolute atomic E-state index is 12.5. The van der Waals surface area contributed by atoms with E-state index in [9.17, 15) is 4.79 Å². The molecule has 1 aromatic heterocycles. The lowest BCUT2D eigenvalue weighted by Gasteiger charge is -2.10. The zero-order chi connectivity index (χ0) is 18.7. The molecule has 0 saturated carbocycles. The number of nitrogens with one attached hydrogen (secondary N) is 1. The number of amides is 1. The molecule has 134 valence electrons. The molecule has 0 unspecified atom stereocenters. The highest BCUT2D eigenvalue weighted by Gasteiger charge is 2.16. The number of halogens is 1. The summed E-state index contributed by atoms with van der Waals surface area (Å²) in [4.78, 5) is 12.5. The summed E-state index contributed by atoms with van der Waals surface area (Å²) in [6.45, 7) is 1.90. The minimum atomic E-state index is -0.376. The number of benzene rings is 2. The van der Waals surface area contributed by atoms with Gasteiger partial charge in [0.1, 0.15) is 17.3 Å². The van der Waals surface area contributed by atoms with Crippen molar-refractivity contribution in [2.75, 3.05) is 19.5 Å². The van der Waals surface area contributed by atoms with Gasteiger partial charge in [-0.1, -0.05) is 23.7 Å². The summed E-state index contributed by atoms with van der Waals surface area (Å²) in [7, 11) is 3.09. The number of hydrogen-bond acceptors (Lipinski definition) is 4. The van der Waals surface area contributed by atoms with Gasteiger partial charge in [0.2, 0.25) is 0 Å². The summed E-state index contributed by atoms with van der Waals surface area (Å²) in [5, 5.41) is 3.43. The van der Waals surface area contributed by atoms with E-state index in [1.54, 1.807) is 37.4 Å². The largest absolute Gasteiger partial charge is 0.497 e. The summed E-state index contributed by atoms with van der Waals surface area (Å²) in [5.74, 6) is 1.53. The van der Waals surface area contributed by atoms with Gasteiger partial charge in [-0.05, 0) is 42.8 Å². The van der Waals surface area contributed by atoms with E-state index in [2.05, 4.69) is 5.32 Å². The first-order chi connectivity index (χ1) is 12.5. The molecule has 5 nitrogen and oxygen atoms in total. The maximum atomic E-state index is 12.5. The third-order valence-corrected chi connectivity index (χ3v) is 4.43. The third-order valence-electron chi connectivity index (χ3n) is 4.02. The third kappa shape index (κ3) is 3.53. The van der Waals surface area contributed by atoms with Crippen molar-refractivity contribution < 1.29 is 18.7 Å². The van der Waals surface area contributed by atoms with Crippen LogP contribution in [0.15, 0.2) is 52.9 Å². The molecule has 0 aliphatic rings. The number of anilines is 1. The van der Waals surface area contributed by atoms with E-state index in [1.807, 2.05) is 25.1 Å². The lowest BCUT2D eigenvalue weighted by atomic mass is 10.1. The van der Waals surface area contributed by atoms with Gasteiger partial charge in [0.15, 0.2) is 5.76 Å². The van der Waals surface area contributed by atoms with Crippen molar-refractivity contribution in [1.29, 1.82) is 0 Å². The quantitative estimate of drug-likeness (QED) is 0.671. The van der Waals surface area contributed by atoms with Gasteiger partial charge in [0.05, 0.1) is 19.9 Å². The fourth-order valence-corrected chi connectivity index (χ4v) is 2.74. The van der Waals surface area contributed by atoms with Crippen molar-refractivity contribution in [1.82, 2.24) is 0 Å². The number of furan rings is 1. The van der Waals surface area contributed by atoms with E-state index in [-0.39, 0.29) is 11.7 Å². The number of carbonyl (C=O) groups excluding carboxylic acids is 1. The van der Waals surface area contributed by atoms with Crippen LogP contribution in [0.4, 0.5) is 5.69 Å². The Kier molecular flexibility index (Phi) is 5.19. The van der Waals surface area contributed by atoms with Crippen LogP contribution in [-0.4, -0.2) is 20.1 Å². The topological polar surface area (TPSA) is 60.7 Å². The molecule has 0 atom stereocenters. The van der Waals surface area contributed by atoms with Crippen molar-refractivity contribution in [2.45, 2.75) is 6.92 Å². The number of ether oxygens (including phenoxy) is 2. The molecule has 0 bridgehead atoms. The molecule has 0 radical (unpaired) electrons. The lowest BCUT2D eigenvalue weighted by Crippen LogP contribution is -2.11. The van der Waals surface area contributed by atoms with E-state index >= 15 is 0 Å². The van der Waals surface area contributed by atoms with Crippen LogP contribution >= 0.6 is 11.6 Å². The van der Waals surface area contributed by atoms with E-state index in [4.69, 9.17) is 25.5 Å². The molecule has 0 spiro atoms. The summed E-state index contributed by atoms with van der Waals surface area (Å²) in [6, 6.07) is 14.1. The highest BCUT2D eigenvalue weighted by atomic mass is 35.5. The first kappa shape index (κ1) is 17.9. The van der Waals surface area contributed by atoms with Gasteiger partial charge in [-0.15, -0.1) is 0 Å². The Morgan fingerprint density at radius 2 is 1.88 bits per heavy atom. The van der Waals surface area contributed by atoms with Gasteiger partial charge < -0.3 is 19.2 Å². The monoisotopic (exact) mass is 371 g/mol. The molecule has 3 aromatic rings. The Hall–Kier alpha value is -2.92. The number of carbonyl (C=O) groups is 1. The van der Waals surface area contributed by atoms with Crippen LogP contribution in [0.5, 0.6) is 11.5 Å². The molecule has 1 N–H and O–H groups in total. The molecule has 0 saturated heterocycles. The first-order valence-corrected chi connectivity index (χ1v) is 8.30. The molecule has 6 heteroatoms. The highest BCUT2D eigenvalue weighted by Crippen LogP contribution is 2.31. The molecular weight excluding hydrogens is 354 g/mol. The first-order valence-electron chi connectivity index (χ1n) is 7.92. The highest BCUT2D eigenvalue weighted by molar-refractivity contribution is 6.31. The summed E-state index contributed by atoms with van der Waals surface area (Å²) < 4.78 is 16.2. The van der Waals surface area contributed by atoms with Crippen LogP contribution in [0.1, 0.15) is 16.1 Å². The fourth-order valence-electron chi connectivity index (χ4n) is 2.56. The Morgan fingerprint density at radius 1 is 1.08 bits per heavy atom. The van der Waals surface area contributed by atoms with Gasteiger partial charge in [-0.2, -0.15) is 0 Å². The average molecular weight is 372 g/mol. The second kappa shape index (κ2) is 7.54. The summed E-state index contributed by atoms with van der Waals surface area (Å²) >= 11 is 6.15. The molecule has 2 aromatic carbocycles. The van der Waals surface area contributed by atoms with E-state index in [1.165, 1.54) is 7.11 Å². The van der Waals surface area contributed by atoms with Crippen LogP contribution in [0.3, 0.4) is 0 Å². The van der Waals surface area contributed by atoms with E-state index in [0.717, 1.165) is 11.1 Å². The van der Waals surface area contributed by atoms with Crippen LogP contribution < -0.4 is 14.8 Å². The zero-order valence-corrected chi connectivity index (χ0v) is 15.4. The minimum Gasteiger partial charge on any atom is -0.497 e.